The molecule has 1 atom stereocenters. The first-order chi connectivity index (χ1) is 7.74. The van der Waals surface area contributed by atoms with E-state index in [-0.39, 0.29) is 5.82 Å². The topological polar surface area (TPSA) is 68.8 Å². The Bertz CT molecular complexity index is 482. The van der Waals surface area contributed by atoms with E-state index in [1.165, 1.54) is 6.07 Å². The van der Waals surface area contributed by atoms with E-state index in [1.54, 1.807) is 36.1 Å². The Morgan fingerprint density at radius 3 is 2.75 bits per heavy atom. The molecule has 0 amide bonds. The summed E-state index contributed by atoms with van der Waals surface area (Å²) in [5.41, 5.74) is 3.73. The van der Waals surface area contributed by atoms with Crippen LogP contribution in [0.15, 0.2) is 30.5 Å². The molecule has 1 aromatic heterocycles. The minimum atomic E-state index is -0.457. The molecule has 2 aromatic rings. The van der Waals surface area contributed by atoms with Gasteiger partial charge in [-0.25, -0.2) is 9.82 Å². The lowest BCUT2D eigenvalue weighted by Crippen LogP contribution is -2.31. The zero-order valence-electron chi connectivity index (χ0n) is 8.76. The normalized spacial score (nSPS) is 12.7. The number of hydrogen-bond acceptors (Lipinski definition) is 4. The van der Waals surface area contributed by atoms with Gasteiger partial charge in [0, 0.05) is 12.6 Å². The maximum atomic E-state index is 13.6. The second-order valence-corrected chi connectivity index (χ2v) is 3.40. The van der Waals surface area contributed by atoms with E-state index in [0.717, 1.165) is 0 Å². The summed E-state index contributed by atoms with van der Waals surface area (Å²) in [7, 11) is 1.73. The molecular weight excluding hydrogens is 209 g/mol. The van der Waals surface area contributed by atoms with Crippen LogP contribution in [0.3, 0.4) is 0 Å². The molecule has 0 saturated heterocycles. The van der Waals surface area contributed by atoms with Crippen molar-refractivity contribution in [2.75, 3.05) is 0 Å². The third kappa shape index (κ3) is 1.80. The first-order valence-corrected chi connectivity index (χ1v) is 4.79. The van der Waals surface area contributed by atoms with Crippen LogP contribution in [0, 0.1) is 5.82 Å². The number of benzene rings is 1. The van der Waals surface area contributed by atoms with Crippen LogP contribution in [0.25, 0.3) is 0 Å². The smallest absolute Gasteiger partial charge is 0.128 e. The summed E-state index contributed by atoms with van der Waals surface area (Å²) in [6.07, 6.45) is 1.55. The minimum absolute atomic E-state index is 0.313. The fourth-order valence-electron chi connectivity index (χ4n) is 1.60. The molecule has 0 saturated carbocycles. The molecule has 6 heteroatoms. The van der Waals surface area contributed by atoms with Gasteiger partial charge in [0.15, 0.2) is 0 Å². The first-order valence-electron chi connectivity index (χ1n) is 4.79. The highest BCUT2D eigenvalue weighted by Gasteiger charge is 2.19. The van der Waals surface area contributed by atoms with Crippen molar-refractivity contribution in [2.24, 2.45) is 12.9 Å². The summed E-state index contributed by atoms with van der Waals surface area (Å²) in [6, 6.07) is 6.00. The maximum absolute atomic E-state index is 13.6. The quantitative estimate of drug-likeness (QED) is 0.585. The van der Waals surface area contributed by atoms with Gasteiger partial charge in [-0.05, 0) is 6.07 Å². The van der Waals surface area contributed by atoms with Crippen LogP contribution >= 0.6 is 0 Å². The van der Waals surface area contributed by atoms with Gasteiger partial charge in [-0.2, -0.15) is 0 Å². The zero-order valence-corrected chi connectivity index (χ0v) is 8.76. The van der Waals surface area contributed by atoms with E-state index in [2.05, 4.69) is 15.7 Å². The van der Waals surface area contributed by atoms with Crippen LogP contribution in [0.4, 0.5) is 4.39 Å². The Kier molecular flexibility index (Phi) is 2.93. The van der Waals surface area contributed by atoms with Crippen molar-refractivity contribution in [3.05, 3.63) is 47.5 Å². The Labute approximate surface area is 92.0 Å². The highest BCUT2D eigenvalue weighted by Crippen LogP contribution is 2.22. The number of aryl methyl sites for hydroxylation is 1. The molecule has 0 spiro atoms. The molecule has 84 valence electrons. The lowest BCUT2D eigenvalue weighted by Gasteiger charge is -2.16. The van der Waals surface area contributed by atoms with E-state index < -0.39 is 6.04 Å². The fraction of sp³-hybridized carbons (Fsp3) is 0.200. The monoisotopic (exact) mass is 221 g/mol. The minimum Gasteiger partial charge on any atom is -0.271 e. The average Bonchev–Trinajstić information content (AvgIpc) is 2.69. The average molecular weight is 221 g/mol. The number of nitrogens with zero attached hydrogens (tertiary/aromatic N) is 3. The number of nitrogens with two attached hydrogens (primary N) is 1. The van der Waals surface area contributed by atoms with Crippen molar-refractivity contribution in [2.45, 2.75) is 6.04 Å². The standard InChI is InChI=1S/C10H12FN5/c1-16-9(6-13-15-16)10(14-12)7-4-2-3-5-8(7)11/h2-6,10,14H,12H2,1H3. The predicted molar refractivity (Wildman–Crippen MR) is 56.6 cm³/mol. The van der Waals surface area contributed by atoms with E-state index in [9.17, 15) is 4.39 Å². The van der Waals surface area contributed by atoms with Crippen molar-refractivity contribution in [3.63, 3.8) is 0 Å². The van der Waals surface area contributed by atoms with Gasteiger partial charge in [-0.15, -0.1) is 5.10 Å². The highest BCUT2D eigenvalue weighted by atomic mass is 19.1. The summed E-state index contributed by atoms with van der Waals surface area (Å²) >= 11 is 0. The van der Waals surface area contributed by atoms with E-state index in [0.29, 0.717) is 11.3 Å². The number of hydrogen-bond donors (Lipinski definition) is 2. The molecule has 2 rings (SSSR count). The summed E-state index contributed by atoms with van der Waals surface area (Å²) in [4.78, 5) is 0. The van der Waals surface area contributed by atoms with Crippen LogP contribution in [0.5, 0.6) is 0 Å². The molecule has 1 aromatic carbocycles. The molecule has 1 unspecified atom stereocenters. The number of aromatic nitrogens is 3. The van der Waals surface area contributed by atoms with E-state index in [4.69, 9.17) is 5.84 Å². The SMILES string of the molecule is Cn1nncc1C(NN)c1ccccc1F. The first kappa shape index (κ1) is 10.7. The van der Waals surface area contributed by atoms with Crippen LogP contribution in [-0.4, -0.2) is 15.0 Å². The number of nitrogens with one attached hydrogen (secondary N) is 1. The molecule has 0 fully saturated rings. The Hall–Kier alpha value is -1.79. The zero-order chi connectivity index (χ0) is 11.5. The van der Waals surface area contributed by atoms with Gasteiger partial charge in [0.25, 0.3) is 0 Å². The van der Waals surface area contributed by atoms with Crippen molar-refractivity contribution in [3.8, 4) is 0 Å². The van der Waals surface area contributed by atoms with Crippen molar-refractivity contribution in [1.82, 2.24) is 20.4 Å². The molecule has 0 radical (unpaired) electrons. The third-order valence-corrected chi connectivity index (χ3v) is 2.43. The molecule has 5 nitrogen and oxygen atoms in total. The molecule has 0 bridgehead atoms. The van der Waals surface area contributed by atoms with Gasteiger partial charge in [0.2, 0.25) is 0 Å². The van der Waals surface area contributed by atoms with Gasteiger partial charge in [-0.3, -0.25) is 10.5 Å². The Balaban J connectivity index is 2.45. The maximum Gasteiger partial charge on any atom is 0.128 e. The lowest BCUT2D eigenvalue weighted by molar-refractivity contribution is 0.531. The van der Waals surface area contributed by atoms with E-state index >= 15 is 0 Å². The van der Waals surface area contributed by atoms with Crippen LogP contribution < -0.4 is 11.3 Å². The second-order valence-electron chi connectivity index (χ2n) is 3.40. The van der Waals surface area contributed by atoms with Gasteiger partial charge < -0.3 is 0 Å². The highest BCUT2D eigenvalue weighted by molar-refractivity contribution is 5.27. The largest absolute Gasteiger partial charge is 0.271 e. The summed E-state index contributed by atoms with van der Waals surface area (Å²) in [5.74, 6) is 5.13. The van der Waals surface area contributed by atoms with Crippen LogP contribution in [0.2, 0.25) is 0 Å². The molecular formula is C10H12FN5. The lowest BCUT2D eigenvalue weighted by atomic mass is 10.0. The molecule has 16 heavy (non-hydrogen) atoms. The third-order valence-electron chi connectivity index (χ3n) is 2.43. The van der Waals surface area contributed by atoms with Gasteiger partial charge in [-0.1, -0.05) is 23.4 Å². The van der Waals surface area contributed by atoms with Gasteiger partial charge in [0.1, 0.15) is 5.82 Å². The van der Waals surface area contributed by atoms with Gasteiger partial charge in [0.05, 0.1) is 17.9 Å². The van der Waals surface area contributed by atoms with Crippen molar-refractivity contribution in [1.29, 1.82) is 0 Å². The van der Waals surface area contributed by atoms with Crippen molar-refractivity contribution >= 4 is 0 Å². The molecule has 1 heterocycles. The van der Waals surface area contributed by atoms with Crippen LogP contribution in [-0.2, 0) is 7.05 Å². The summed E-state index contributed by atoms with van der Waals surface area (Å²) in [6.45, 7) is 0. The Morgan fingerprint density at radius 2 is 2.19 bits per heavy atom. The van der Waals surface area contributed by atoms with Gasteiger partial charge >= 0.3 is 0 Å². The molecule has 0 aliphatic heterocycles. The number of hydrazine groups is 1. The second kappa shape index (κ2) is 4.38. The molecule has 3 N–H and O–H groups in total. The summed E-state index contributed by atoms with van der Waals surface area (Å²) in [5, 5.41) is 7.53. The predicted octanol–water partition coefficient (Wildman–Crippen LogP) is 0.507. The fourth-order valence-corrected chi connectivity index (χ4v) is 1.60. The molecule has 0 aliphatic carbocycles. The van der Waals surface area contributed by atoms with Crippen molar-refractivity contribution < 1.29 is 4.39 Å². The number of rotatable bonds is 3. The van der Waals surface area contributed by atoms with Crippen LogP contribution in [0.1, 0.15) is 17.3 Å². The Morgan fingerprint density at radius 1 is 1.44 bits per heavy atom. The summed E-state index contributed by atoms with van der Waals surface area (Å²) < 4.78 is 15.2. The van der Waals surface area contributed by atoms with E-state index in [1.807, 2.05) is 0 Å². The molecule has 0 aliphatic rings. The number of halogens is 1.